The normalized spacial score (nSPS) is 15.9. The van der Waals surface area contributed by atoms with E-state index in [0.717, 1.165) is 35.8 Å². The van der Waals surface area contributed by atoms with Gasteiger partial charge in [-0.15, -0.1) is 0 Å². The molecule has 0 spiro atoms. The van der Waals surface area contributed by atoms with Crippen molar-refractivity contribution in [2.75, 3.05) is 11.9 Å². The van der Waals surface area contributed by atoms with E-state index in [1.54, 1.807) is 6.20 Å². The van der Waals surface area contributed by atoms with Gasteiger partial charge in [-0.1, -0.05) is 42.6 Å². The van der Waals surface area contributed by atoms with Crippen LogP contribution < -0.4 is 10.6 Å². The Morgan fingerprint density at radius 3 is 2.75 bits per heavy atom. The topological polar surface area (TPSA) is 37.0 Å². The summed E-state index contributed by atoms with van der Waals surface area (Å²) in [6, 6.07) is 12.2. The summed E-state index contributed by atoms with van der Waals surface area (Å²) in [6.45, 7) is 2.83. The maximum absolute atomic E-state index is 6.21. The van der Waals surface area contributed by atoms with Gasteiger partial charge in [-0.3, -0.25) is 0 Å². The van der Waals surface area contributed by atoms with E-state index >= 15 is 0 Å². The Morgan fingerprint density at radius 2 is 2.04 bits per heavy atom. The van der Waals surface area contributed by atoms with E-state index in [9.17, 15) is 0 Å². The lowest BCUT2D eigenvalue weighted by Gasteiger charge is -2.30. The van der Waals surface area contributed by atoms with Crippen LogP contribution in [0.3, 0.4) is 0 Å². The van der Waals surface area contributed by atoms with Crippen LogP contribution in [-0.4, -0.2) is 16.6 Å². The standard InChI is InChI=1S/C19H22ClN3S/c1-14-6-5-11-21-17(14)23-18(24)22-13-19(9-2-3-10-19)15-7-4-8-16(20)12-15/h4-8,11-12H,2-3,9-10,13H2,1H3,(H2,21,22,23,24). The van der Waals surface area contributed by atoms with Gasteiger partial charge in [0.2, 0.25) is 0 Å². The minimum absolute atomic E-state index is 0.107. The Kier molecular flexibility index (Phi) is 5.36. The van der Waals surface area contributed by atoms with Gasteiger partial charge in [-0.2, -0.15) is 0 Å². The predicted molar refractivity (Wildman–Crippen MR) is 105 cm³/mol. The quantitative estimate of drug-likeness (QED) is 0.766. The number of anilines is 1. The summed E-state index contributed by atoms with van der Waals surface area (Å²) in [4.78, 5) is 4.33. The molecule has 2 N–H and O–H groups in total. The highest BCUT2D eigenvalue weighted by Crippen LogP contribution is 2.41. The number of nitrogens with zero attached hydrogens (tertiary/aromatic N) is 1. The first-order valence-corrected chi connectivity index (χ1v) is 9.10. The van der Waals surface area contributed by atoms with E-state index in [4.69, 9.17) is 23.8 Å². The smallest absolute Gasteiger partial charge is 0.171 e. The Hall–Kier alpha value is -1.65. The van der Waals surface area contributed by atoms with Gasteiger partial charge < -0.3 is 10.6 Å². The SMILES string of the molecule is Cc1cccnc1NC(=S)NCC1(c2cccc(Cl)c2)CCCC1. The summed E-state index contributed by atoms with van der Waals surface area (Å²) >= 11 is 11.7. The van der Waals surface area contributed by atoms with Crippen molar-refractivity contribution in [3.8, 4) is 0 Å². The average Bonchev–Trinajstić information content (AvgIpc) is 3.05. The number of hydrogen-bond donors (Lipinski definition) is 2. The number of aromatic nitrogens is 1. The summed E-state index contributed by atoms with van der Waals surface area (Å²) in [6.07, 6.45) is 6.57. The number of halogens is 1. The lowest BCUT2D eigenvalue weighted by molar-refractivity contribution is 0.435. The Bertz CT molecular complexity index is 726. The number of pyridine rings is 1. The van der Waals surface area contributed by atoms with E-state index in [-0.39, 0.29) is 5.41 Å². The van der Waals surface area contributed by atoms with Crippen LogP contribution in [0, 0.1) is 6.92 Å². The maximum atomic E-state index is 6.21. The number of benzene rings is 1. The van der Waals surface area contributed by atoms with Gasteiger partial charge in [-0.25, -0.2) is 4.98 Å². The number of nitrogens with one attached hydrogen (secondary N) is 2. The first kappa shape index (κ1) is 17.2. The lowest BCUT2D eigenvalue weighted by Crippen LogP contribution is -2.41. The van der Waals surface area contributed by atoms with Crippen LogP contribution in [0.25, 0.3) is 0 Å². The van der Waals surface area contributed by atoms with E-state index < -0.39 is 0 Å². The minimum atomic E-state index is 0.107. The summed E-state index contributed by atoms with van der Waals surface area (Å²) in [7, 11) is 0. The van der Waals surface area contributed by atoms with Crippen molar-refractivity contribution < 1.29 is 0 Å². The summed E-state index contributed by atoms with van der Waals surface area (Å²) in [5.74, 6) is 0.804. The van der Waals surface area contributed by atoms with Crippen molar-refractivity contribution in [3.05, 3.63) is 58.7 Å². The predicted octanol–water partition coefficient (Wildman–Crippen LogP) is 4.84. The summed E-state index contributed by atoms with van der Waals surface area (Å²) < 4.78 is 0. The molecule has 1 aliphatic carbocycles. The van der Waals surface area contributed by atoms with Gasteiger partial charge in [0, 0.05) is 23.2 Å². The molecule has 0 atom stereocenters. The molecule has 1 heterocycles. The molecule has 0 saturated heterocycles. The zero-order valence-corrected chi connectivity index (χ0v) is 15.4. The van der Waals surface area contributed by atoms with Crippen LogP contribution in [0.2, 0.25) is 5.02 Å². The molecule has 1 aromatic heterocycles. The van der Waals surface area contributed by atoms with Crippen LogP contribution in [-0.2, 0) is 5.41 Å². The van der Waals surface area contributed by atoms with Gasteiger partial charge in [0.05, 0.1) is 0 Å². The molecule has 1 saturated carbocycles. The van der Waals surface area contributed by atoms with Crippen molar-refractivity contribution in [1.29, 1.82) is 0 Å². The first-order valence-electron chi connectivity index (χ1n) is 8.32. The van der Waals surface area contributed by atoms with Crippen molar-refractivity contribution in [2.45, 2.75) is 38.0 Å². The molecule has 2 aromatic rings. The van der Waals surface area contributed by atoms with Crippen molar-refractivity contribution >= 4 is 34.7 Å². The maximum Gasteiger partial charge on any atom is 0.171 e. The van der Waals surface area contributed by atoms with Crippen LogP contribution in [0.5, 0.6) is 0 Å². The first-order chi connectivity index (χ1) is 11.6. The molecule has 0 unspecified atom stereocenters. The van der Waals surface area contributed by atoms with Gasteiger partial charge >= 0.3 is 0 Å². The molecule has 1 aromatic carbocycles. The zero-order valence-electron chi connectivity index (χ0n) is 13.8. The third-order valence-corrected chi connectivity index (χ3v) is 5.31. The molecule has 0 bridgehead atoms. The lowest BCUT2D eigenvalue weighted by atomic mass is 9.79. The third kappa shape index (κ3) is 3.87. The fourth-order valence-electron chi connectivity index (χ4n) is 3.46. The highest BCUT2D eigenvalue weighted by molar-refractivity contribution is 7.80. The van der Waals surface area contributed by atoms with Crippen LogP contribution in [0.1, 0.15) is 36.8 Å². The van der Waals surface area contributed by atoms with E-state index in [2.05, 4.69) is 27.8 Å². The molecule has 126 valence electrons. The van der Waals surface area contributed by atoms with E-state index in [1.165, 1.54) is 18.4 Å². The highest BCUT2D eigenvalue weighted by Gasteiger charge is 2.35. The summed E-state index contributed by atoms with van der Waals surface area (Å²) in [5.41, 5.74) is 2.49. The van der Waals surface area contributed by atoms with Crippen molar-refractivity contribution in [2.24, 2.45) is 0 Å². The van der Waals surface area contributed by atoms with Crippen LogP contribution in [0.4, 0.5) is 5.82 Å². The van der Waals surface area contributed by atoms with Crippen molar-refractivity contribution in [1.82, 2.24) is 10.3 Å². The Balaban J connectivity index is 1.69. The van der Waals surface area contributed by atoms with Gasteiger partial charge in [0.1, 0.15) is 5.82 Å². The molecule has 1 fully saturated rings. The molecule has 1 aliphatic rings. The summed E-state index contributed by atoms with van der Waals surface area (Å²) in [5, 5.41) is 8.00. The average molecular weight is 360 g/mol. The zero-order chi connectivity index (χ0) is 17.0. The molecule has 3 rings (SSSR count). The highest BCUT2D eigenvalue weighted by atomic mass is 35.5. The fraction of sp³-hybridized carbons (Fsp3) is 0.368. The molecule has 3 nitrogen and oxygen atoms in total. The van der Waals surface area contributed by atoms with Gasteiger partial charge in [0.25, 0.3) is 0 Å². The fourth-order valence-corrected chi connectivity index (χ4v) is 3.81. The third-order valence-electron chi connectivity index (χ3n) is 4.83. The second kappa shape index (κ2) is 7.49. The molecular formula is C19H22ClN3S. The number of rotatable bonds is 4. The Morgan fingerprint density at radius 1 is 1.25 bits per heavy atom. The molecule has 0 radical (unpaired) electrons. The van der Waals surface area contributed by atoms with Crippen LogP contribution in [0.15, 0.2) is 42.6 Å². The van der Waals surface area contributed by atoms with Crippen molar-refractivity contribution in [3.63, 3.8) is 0 Å². The Labute approximate surface area is 153 Å². The second-order valence-corrected chi connectivity index (χ2v) is 7.32. The number of thiocarbonyl (C=S) groups is 1. The molecule has 24 heavy (non-hydrogen) atoms. The largest absolute Gasteiger partial charge is 0.362 e. The van der Waals surface area contributed by atoms with Gasteiger partial charge in [-0.05, 0) is 61.3 Å². The minimum Gasteiger partial charge on any atom is -0.362 e. The number of hydrogen-bond acceptors (Lipinski definition) is 2. The monoisotopic (exact) mass is 359 g/mol. The van der Waals surface area contributed by atoms with Crippen LogP contribution >= 0.6 is 23.8 Å². The molecule has 5 heteroatoms. The second-order valence-electron chi connectivity index (χ2n) is 6.47. The number of aryl methyl sites for hydroxylation is 1. The molecular weight excluding hydrogens is 338 g/mol. The van der Waals surface area contributed by atoms with E-state index in [0.29, 0.717) is 5.11 Å². The molecule has 0 amide bonds. The molecule has 0 aliphatic heterocycles. The van der Waals surface area contributed by atoms with E-state index in [1.807, 2.05) is 31.2 Å². The van der Waals surface area contributed by atoms with Gasteiger partial charge in [0.15, 0.2) is 5.11 Å².